The van der Waals surface area contributed by atoms with Gasteiger partial charge in [0.05, 0.1) is 6.61 Å². The molecule has 0 aromatic rings. The van der Waals surface area contributed by atoms with E-state index in [2.05, 4.69) is 22.3 Å². The van der Waals surface area contributed by atoms with E-state index in [1.807, 2.05) is 7.05 Å². The van der Waals surface area contributed by atoms with Gasteiger partial charge in [0.2, 0.25) is 0 Å². The highest BCUT2D eigenvalue weighted by Gasteiger charge is 2.23. The van der Waals surface area contributed by atoms with E-state index < -0.39 is 0 Å². The Kier molecular flexibility index (Phi) is 4.04. The molecule has 1 aliphatic heterocycles. The molecule has 0 amide bonds. The summed E-state index contributed by atoms with van der Waals surface area (Å²) < 4.78 is 5.39. The number of ether oxygens (including phenoxy) is 1. The molecule has 2 aliphatic rings. The summed E-state index contributed by atoms with van der Waals surface area (Å²) in [7, 11) is 3.97. The van der Waals surface area contributed by atoms with E-state index >= 15 is 0 Å². The van der Waals surface area contributed by atoms with Gasteiger partial charge in [0, 0.05) is 39.7 Å². The molecule has 0 bridgehead atoms. The summed E-state index contributed by atoms with van der Waals surface area (Å²) >= 11 is 0. The molecule has 92 valence electrons. The van der Waals surface area contributed by atoms with Crippen molar-refractivity contribution in [3.8, 4) is 0 Å². The quantitative estimate of drug-likeness (QED) is 0.571. The van der Waals surface area contributed by atoms with Crippen molar-refractivity contribution < 1.29 is 4.74 Å². The van der Waals surface area contributed by atoms with E-state index in [-0.39, 0.29) is 0 Å². The number of guanidine groups is 1. The molecule has 1 saturated heterocycles. The van der Waals surface area contributed by atoms with Crippen molar-refractivity contribution in [1.82, 2.24) is 10.2 Å². The predicted octanol–water partition coefficient (Wildman–Crippen LogP) is 0.940. The normalized spacial score (nSPS) is 25.9. The molecule has 1 atom stereocenters. The third-order valence-corrected chi connectivity index (χ3v) is 3.38. The molecule has 0 aromatic heterocycles. The summed E-state index contributed by atoms with van der Waals surface area (Å²) in [6.07, 6.45) is 3.94. The second kappa shape index (κ2) is 5.53. The van der Waals surface area contributed by atoms with Crippen LogP contribution in [0.25, 0.3) is 0 Å². The van der Waals surface area contributed by atoms with E-state index in [1.54, 1.807) is 0 Å². The zero-order chi connectivity index (χ0) is 11.4. The van der Waals surface area contributed by atoms with Crippen molar-refractivity contribution in [1.29, 1.82) is 0 Å². The van der Waals surface area contributed by atoms with Gasteiger partial charge in [-0.05, 0) is 25.2 Å². The summed E-state index contributed by atoms with van der Waals surface area (Å²) in [5, 5.41) is 3.44. The minimum atomic E-state index is 0.671. The smallest absolute Gasteiger partial charge is 0.193 e. The standard InChI is InChI=1S/C12H23N3O/c1-13-12(14-7-10-3-4-10)15(2)8-11-5-6-16-9-11/h10-11H,3-9H2,1-2H3,(H,13,14). The first kappa shape index (κ1) is 11.7. The highest BCUT2D eigenvalue weighted by atomic mass is 16.5. The highest BCUT2D eigenvalue weighted by molar-refractivity contribution is 5.79. The van der Waals surface area contributed by atoms with Crippen LogP contribution in [0, 0.1) is 11.8 Å². The molecule has 4 nitrogen and oxygen atoms in total. The lowest BCUT2D eigenvalue weighted by Crippen LogP contribution is -2.42. The fourth-order valence-electron chi connectivity index (χ4n) is 2.14. The second-order valence-corrected chi connectivity index (χ2v) is 4.98. The molecule has 2 rings (SSSR count). The highest BCUT2D eigenvalue weighted by Crippen LogP contribution is 2.27. The Morgan fingerprint density at radius 1 is 1.38 bits per heavy atom. The molecule has 1 heterocycles. The molecule has 4 heteroatoms. The van der Waals surface area contributed by atoms with Gasteiger partial charge in [-0.3, -0.25) is 4.99 Å². The minimum absolute atomic E-state index is 0.671. The van der Waals surface area contributed by atoms with Gasteiger partial charge in [-0.2, -0.15) is 0 Å². The van der Waals surface area contributed by atoms with Crippen molar-refractivity contribution in [2.24, 2.45) is 16.8 Å². The van der Waals surface area contributed by atoms with Gasteiger partial charge < -0.3 is 15.0 Å². The van der Waals surface area contributed by atoms with Gasteiger partial charge in [-0.15, -0.1) is 0 Å². The van der Waals surface area contributed by atoms with Gasteiger partial charge in [-0.25, -0.2) is 0 Å². The average molecular weight is 225 g/mol. The molecular formula is C12H23N3O. The number of aliphatic imine (C=N–C) groups is 1. The molecule has 2 fully saturated rings. The first-order valence-electron chi connectivity index (χ1n) is 6.29. The Morgan fingerprint density at radius 2 is 2.19 bits per heavy atom. The maximum absolute atomic E-state index is 5.39. The zero-order valence-corrected chi connectivity index (χ0v) is 10.4. The van der Waals surface area contributed by atoms with Crippen molar-refractivity contribution >= 4 is 5.96 Å². The third-order valence-electron chi connectivity index (χ3n) is 3.38. The number of nitrogens with zero attached hydrogens (tertiary/aromatic N) is 2. The maximum Gasteiger partial charge on any atom is 0.193 e. The molecule has 1 saturated carbocycles. The topological polar surface area (TPSA) is 36.9 Å². The maximum atomic E-state index is 5.39. The predicted molar refractivity (Wildman–Crippen MR) is 65.6 cm³/mol. The van der Waals surface area contributed by atoms with Crippen molar-refractivity contribution in [3.63, 3.8) is 0 Å². The Balaban J connectivity index is 1.72. The van der Waals surface area contributed by atoms with Gasteiger partial charge in [0.1, 0.15) is 0 Å². The number of rotatable bonds is 4. The van der Waals surface area contributed by atoms with Gasteiger partial charge in [-0.1, -0.05) is 0 Å². The van der Waals surface area contributed by atoms with Crippen LogP contribution < -0.4 is 5.32 Å². The molecule has 0 spiro atoms. The monoisotopic (exact) mass is 225 g/mol. The Hall–Kier alpha value is -0.770. The second-order valence-electron chi connectivity index (χ2n) is 4.98. The van der Waals surface area contributed by atoms with Crippen LogP contribution in [-0.4, -0.2) is 51.3 Å². The van der Waals surface area contributed by atoms with E-state index in [0.717, 1.165) is 38.2 Å². The van der Waals surface area contributed by atoms with E-state index in [0.29, 0.717) is 5.92 Å². The minimum Gasteiger partial charge on any atom is -0.381 e. The molecule has 16 heavy (non-hydrogen) atoms. The van der Waals surface area contributed by atoms with Crippen LogP contribution in [0.2, 0.25) is 0 Å². The fourth-order valence-corrected chi connectivity index (χ4v) is 2.14. The van der Waals surface area contributed by atoms with E-state index in [9.17, 15) is 0 Å². The molecular weight excluding hydrogens is 202 g/mol. The third kappa shape index (κ3) is 3.37. The number of hydrogen-bond donors (Lipinski definition) is 1. The largest absolute Gasteiger partial charge is 0.381 e. The summed E-state index contributed by atoms with van der Waals surface area (Å²) in [5.41, 5.74) is 0. The molecule has 1 unspecified atom stereocenters. The number of hydrogen-bond acceptors (Lipinski definition) is 2. The lowest BCUT2D eigenvalue weighted by Gasteiger charge is -2.24. The zero-order valence-electron chi connectivity index (χ0n) is 10.4. The first-order valence-corrected chi connectivity index (χ1v) is 6.29. The van der Waals surface area contributed by atoms with Crippen LogP contribution in [0.4, 0.5) is 0 Å². The first-order chi connectivity index (χ1) is 7.79. The van der Waals surface area contributed by atoms with E-state index in [1.165, 1.54) is 19.3 Å². The lowest BCUT2D eigenvalue weighted by atomic mass is 10.1. The van der Waals surface area contributed by atoms with Gasteiger partial charge in [0.25, 0.3) is 0 Å². The van der Waals surface area contributed by atoms with Crippen LogP contribution in [-0.2, 0) is 4.74 Å². The molecule has 1 aliphatic carbocycles. The van der Waals surface area contributed by atoms with Crippen molar-refractivity contribution in [2.45, 2.75) is 19.3 Å². The van der Waals surface area contributed by atoms with E-state index in [4.69, 9.17) is 4.74 Å². The van der Waals surface area contributed by atoms with Crippen LogP contribution >= 0.6 is 0 Å². The summed E-state index contributed by atoms with van der Waals surface area (Å²) in [6.45, 7) is 3.96. The molecule has 0 radical (unpaired) electrons. The van der Waals surface area contributed by atoms with Crippen LogP contribution in [0.3, 0.4) is 0 Å². The fraction of sp³-hybridized carbons (Fsp3) is 0.917. The summed E-state index contributed by atoms with van der Waals surface area (Å²) in [5.74, 6) is 2.59. The molecule has 0 aromatic carbocycles. The SMILES string of the molecule is CN=C(NCC1CC1)N(C)CC1CCOC1. The van der Waals surface area contributed by atoms with Crippen LogP contribution in [0.1, 0.15) is 19.3 Å². The average Bonchev–Trinajstić information content (AvgIpc) is 2.96. The summed E-state index contributed by atoms with van der Waals surface area (Å²) in [4.78, 5) is 6.54. The van der Waals surface area contributed by atoms with Gasteiger partial charge in [0.15, 0.2) is 5.96 Å². The van der Waals surface area contributed by atoms with Crippen LogP contribution in [0.15, 0.2) is 4.99 Å². The lowest BCUT2D eigenvalue weighted by molar-refractivity contribution is 0.181. The molecule has 1 N–H and O–H groups in total. The van der Waals surface area contributed by atoms with Crippen molar-refractivity contribution in [2.75, 3.05) is 40.4 Å². The van der Waals surface area contributed by atoms with Crippen LogP contribution in [0.5, 0.6) is 0 Å². The van der Waals surface area contributed by atoms with Gasteiger partial charge >= 0.3 is 0 Å². The van der Waals surface area contributed by atoms with Crippen molar-refractivity contribution in [3.05, 3.63) is 0 Å². The Labute approximate surface area is 98.1 Å². The number of nitrogens with one attached hydrogen (secondary N) is 1. The Morgan fingerprint density at radius 3 is 2.75 bits per heavy atom. The summed E-state index contributed by atoms with van der Waals surface area (Å²) in [6, 6.07) is 0. The Bertz CT molecular complexity index is 245.